The lowest BCUT2D eigenvalue weighted by molar-refractivity contribution is 0.141. The Kier molecular flexibility index (Phi) is 4.02. The lowest BCUT2D eigenvalue weighted by Gasteiger charge is -2.09. The van der Waals surface area contributed by atoms with Crippen molar-refractivity contribution in [2.24, 2.45) is 5.14 Å². The molecule has 90 valence electrons. The molecule has 0 radical (unpaired) electrons. The maximum atomic E-state index is 12.6. The van der Waals surface area contributed by atoms with E-state index >= 15 is 0 Å². The van der Waals surface area contributed by atoms with Crippen molar-refractivity contribution in [3.8, 4) is 5.88 Å². The van der Waals surface area contributed by atoms with E-state index in [2.05, 4.69) is 4.98 Å². The van der Waals surface area contributed by atoms with Gasteiger partial charge in [0.05, 0.1) is 10.7 Å². The number of sulfonamides is 1. The van der Waals surface area contributed by atoms with Gasteiger partial charge in [0.15, 0.2) is 0 Å². The van der Waals surface area contributed by atoms with Crippen LogP contribution in [0, 0.1) is 3.57 Å². The molecule has 0 fully saturated rings. The van der Waals surface area contributed by atoms with Gasteiger partial charge in [-0.25, -0.2) is 27.3 Å². The van der Waals surface area contributed by atoms with E-state index in [1.807, 2.05) is 0 Å². The summed E-state index contributed by atoms with van der Waals surface area (Å²) >= 11 is 1.71. The van der Waals surface area contributed by atoms with Gasteiger partial charge in [-0.15, -0.1) is 0 Å². The molecule has 1 rings (SSSR count). The number of methoxy groups -OCH3 is 1. The number of rotatable bonds is 3. The number of nitrogens with zero attached hydrogens (tertiary/aromatic N) is 1. The lowest BCUT2D eigenvalue weighted by Crippen LogP contribution is -2.16. The van der Waals surface area contributed by atoms with E-state index in [9.17, 15) is 17.2 Å². The van der Waals surface area contributed by atoms with Crippen molar-refractivity contribution < 1.29 is 21.9 Å². The highest BCUT2D eigenvalue weighted by Crippen LogP contribution is 2.29. The van der Waals surface area contributed by atoms with Gasteiger partial charge in [-0.2, -0.15) is 0 Å². The normalized spacial score (nSPS) is 11.9. The molecular weight excluding hydrogens is 357 g/mol. The zero-order valence-electron chi connectivity index (χ0n) is 7.95. The second kappa shape index (κ2) is 4.75. The second-order valence-electron chi connectivity index (χ2n) is 2.71. The summed E-state index contributed by atoms with van der Waals surface area (Å²) < 4.78 is 52.3. The first kappa shape index (κ1) is 13.5. The predicted octanol–water partition coefficient (Wildman–Crippen LogP) is 1.28. The van der Waals surface area contributed by atoms with Crippen molar-refractivity contribution in [2.45, 2.75) is 11.3 Å². The van der Waals surface area contributed by atoms with Crippen LogP contribution in [0.4, 0.5) is 8.78 Å². The molecular formula is C7H7F2IN2O3S. The highest BCUT2D eigenvalue weighted by molar-refractivity contribution is 14.1. The van der Waals surface area contributed by atoms with Crippen LogP contribution in [0.1, 0.15) is 12.1 Å². The van der Waals surface area contributed by atoms with E-state index in [4.69, 9.17) is 9.88 Å². The first-order chi connectivity index (χ1) is 7.27. The molecule has 0 aliphatic heterocycles. The lowest BCUT2D eigenvalue weighted by atomic mass is 10.3. The van der Waals surface area contributed by atoms with E-state index in [0.717, 1.165) is 6.07 Å². The zero-order chi connectivity index (χ0) is 12.5. The highest BCUT2D eigenvalue weighted by Gasteiger charge is 2.24. The van der Waals surface area contributed by atoms with Crippen molar-refractivity contribution in [1.82, 2.24) is 4.98 Å². The molecule has 5 nitrogen and oxygen atoms in total. The number of nitrogens with two attached hydrogens (primary N) is 1. The minimum atomic E-state index is -4.23. The Morgan fingerprint density at radius 2 is 2.12 bits per heavy atom. The standard InChI is InChI=1S/C7H7F2IN2O3S/c1-15-7-3(10)2-4(16(11,13)14)5(12-7)6(8)9/h2,6H,1H3,(H2,11,13,14). The molecule has 0 aliphatic rings. The Hall–Kier alpha value is -0.550. The summed E-state index contributed by atoms with van der Waals surface area (Å²) in [5.74, 6) is -0.0664. The van der Waals surface area contributed by atoms with Gasteiger partial charge in [0.1, 0.15) is 10.6 Å². The van der Waals surface area contributed by atoms with Gasteiger partial charge in [0, 0.05) is 0 Å². The molecule has 0 aromatic carbocycles. The van der Waals surface area contributed by atoms with Gasteiger partial charge < -0.3 is 4.74 Å². The average molecular weight is 364 g/mol. The Labute approximate surface area is 104 Å². The van der Waals surface area contributed by atoms with Crippen molar-refractivity contribution in [2.75, 3.05) is 7.11 Å². The number of primary sulfonamides is 1. The summed E-state index contributed by atoms with van der Waals surface area (Å²) in [5.41, 5.74) is -0.903. The molecule has 2 N–H and O–H groups in total. The summed E-state index contributed by atoms with van der Waals surface area (Å²) in [6.45, 7) is 0. The average Bonchev–Trinajstić information content (AvgIpc) is 2.15. The van der Waals surface area contributed by atoms with Crippen LogP contribution in [0.15, 0.2) is 11.0 Å². The number of pyridine rings is 1. The largest absolute Gasteiger partial charge is 0.480 e. The van der Waals surface area contributed by atoms with Gasteiger partial charge in [-0.3, -0.25) is 0 Å². The van der Waals surface area contributed by atoms with Crippen molar-refractivity contribution in [1.29, 1.82) is 0 Å². The van der Waals surface area contributed by atoms with Crippen LogP contribution in [-0.4, -0.2) is 20.5 Å². The van der Waals surface area contributed by atoms with Crippen molar-refractivity contribution >= 4 is 32.6 Å². The van der Waals surface area contributed by atoms with Gasteiger partial charge >= 0.3 is 0 Å². The van der Waals surface area contributed by atoms with Crippen LogP contribution in [0.3, 0.4) is 0 Å². The molecule has 0 spiro atoms. The summed E-state index contributed by atoms with van der Waals surface area (Å²) in [7, 11) is -2.98. The molecule has 1 aromatic heterocycles. The molecule has 1 heterocycles. The molecule has 0 atom stereocenters. The fourth-order valence-electron chi connectivity index (χ4n) is 0.996. The van der Waals surface area contributed by atoms with Crippen LogP contribution in [-0.2, 0) is 10.0 Å². The topological polar surface area (TPSA) is 82.3 Å². The third kappa shape index (κ3) is 2.77. The van der Waals surface area contributed by atoms with Crippen LogP contribution >= 0.6 is 22.6 Å². The number of ether oxygens (including phenoxy) is 1. The summed E-state index contributed by atoms with van der Waals surface area (Å²) in [6, 6.07) is 1.00. The first-order valence-electron chi connectivity index (χ1n) is 3.82. The van der Waals surface area contributed by atoms with E-state index in [1.165, 1.54) is 7.11 Å². The monoisotopic (exact) mass is 364 g/mol. The molecule has 0 saturated heterocycles. The Bertz CT molecular complexity index is 507. The van der Waals surface area contributed by atoms with Gasteiger partial charge in [-0.05, 0) is 28.7 Å². The SMILES string of the molecule is COc1nc(C(F)F)c(S(N)(=O)=O)cc1I. The minimum Gasteiger partial charge on any atom is -0.480 e. The van der Waals surface area contributed by atoms with Crippen LogP contribution < -0.4 is 9.88 Å². The third-order valence-corrected chi connectivity index (χ3v) is 3.36. The number of hydrogen-bond donors (Lipinski definition) is 1. The van der Waals surface area contributed by atoms with E-state index in [0.29, 0.717) is 0 Å². The molecule has 0 saturated carbocycles. The number of alkyl halides is 2. The second-order valence-corrected chi connectivity index (χ2v) is 5.40. The fourth-order valence-corrected chi connectivity index (χ4v) is 2.57. The Balaban J connectivity index is 3.55. The molecule has 0 amide bonds. The Morgan fingerprint density at radius 3 is 2.50 bits per heavy atom. The summed E-state index contributed by atoms with van der Waals surface area (Å²) in [5, 5.41) is 4.81. The molecule has 0 unspecified atom stereocenters. The quantitative estimate of drug-likeness (QED) is 0.820. The molecule has 9 heteroatoms. The zero-order valence-corrected chi connectivity index (χ0v) is 10.9. The third-order valence-electron chi connectivity index (χ3n) is 1.64. The number of halogens is 3. The number of aromatic nitrogens is 1. The first-order valence-corrected chi connectivity index (χ1v) is 6.45. The van der Waals surface area contributed by atoms with Crippen LogP contribution in [0.25, 0.3) is 0 Å². The maximum absolute atomic E-state index is 12.6. The van der Waals surface area contributed by atoms with Crippen LogP contribution in [0.2, 0.25) is 0 Å². The van der Waals surface area contributed by atoms with Gasteiger partial charge in [0.25, 0.3) is 6.43 Å². The minimum absolute atomic E-state index is 0.0664. The highest BCUT2D eigenvalue weighted by atomic mass is 127. The summed E-state index contributed by atoms with van der Waals surface area (Å²) in [4.78, 5) is 2.73. The predicted molar refractivity (Wildman–Crippen MR) is 59.8 cm³/mol. The molecule has 1 aromatic rings. The van der Waals surface area contributed by atoms with E-state index in [-0.39, 0.29) is 9.45 Å². The van der Waals surface area contributed by atoms with Crippen LogP contribution in [0.5, 0.6) is 5.88 Å². The van der Waals surface area contributed by atoms with E-state index in [1.54, 1.807) is 22.6 Å². The van der Waals surface area contributed by atoms with Gasteiger partial charge in [0.2, 0.25) is 15.9 Å². The smallest absolute Gasteiger partial charge is 0.281 e. The van der Waals surface area contributed by atoms with E-state index < -0.39 is 27.0 Å². The molecule has 0 bridgehead atoms. The van der Waals surface area contributed by atoms with Crippen molar-refractivity contribution in [3.63, 3.8) is 0 Å². The van der Waals surface area contributed by atoms with Gasteiger partial charge in [-0.1, -0.05) is 0 Å². The number of hydrogen-bond acceptors (Lipinski definition) is 4. The summed E-state index contributed by atoms with van der Waals surface area (Å²) in [6.07, 6.45) is -3.04. The molecule has 0 aliphatic carbocycles. The maximum Gasteiger partial charge on any atom is 0.281 e. The molecule has 16 heavy (non-hydrogen) atoms. The fraction of sp³-hybridized carbons (Fsp3) is 0.286. The van der Waals surface area contributed by atoms with Crippen molar-refractivity contribution in [3.05, 3.63) is 15.3 Å². The Morgan fingerprint density at radius 1 is 1.56 bits per heavy atom.